The van der Waals surface area contributed by atoms with E-state index in [1.165, 1.54) is 57.5 Å². The number of nitrogens with zero attached hydrogens (tertiary/aromatic N) is 2. The largest absolute Gasteiger partial charge is 0.301 e. The fraction of sp³-hybridized carbons (Fsp3) is 0.625. The van der Waals surface area contributed by atoms with Crippen molar-refractivity contribution in [1.29, 1.82) is 0 Å². The van der Waals surface area contributed by atoms with Gasteiger partial charge in [-0.1, -0.05) is 36.8 Å². The molecule has 0 spiro atoms. The van der Waals surface area contributed by atoms with Crippen LogP contribution in [0.2, 0.25) is 0 Å². The second kappa shape index (κ2) is 8.62. The van der Waals surface area contributed by atoms with Crippen LogP contribution in [0.25, 0.3) is 0 Å². The fourth-order valence-corrected chi connectivity index (χ4v) is 2.86. The van der Waals surface area contributed by atoms with Crippen LogP contribution in [0, 0.1) is 0 Å². The van der Waals surface area contributed by atoms with Gasteiger partial charge in [-0.3, -0.25) is 4.90 Å². The third-order valence-electron chi connectivity index (χ3n) is 3.85. The molecule has 3 heteroatoms. The first-order valence-electron chi connectivity index (χ1n) is 7.48. The Morgan fingerprint density at radius 1 is 0.842 bits per heavy atom. The van der Waals surface area contributed by atoms with Crippen molar-refractivity contribution >= 4 is 12.6 Å². The second-order valence-corrected chi connectivity index (χ2v) is 5.83. The number of rotatable bonds is 7. The summed E-state index contributed by atoms with van der Waals surface area (Å²) < 4.78 is 0. The first-order chi connectivity index (χ1) is 9.38. The molecule has 1 heterocycles. The molecule has 0 amide bonds. The zero-order chi connectivity index (χ0) is 13.3. The summed E-state index contributed by atoms with van der Waals surface area (Å²) in [5, 5.41) is 0. The summed E-state index contributed by atoms with van der Waals surface area (Å²) in [7, 11) is 0. The molecule has 19 heavy (non-hydrogen) atoms. The summed E-state index contributed by atoms with van der Waals surface area (Å²) in [5.41, 5.74) is 1.43. The molecule has 1 aromatic carbocycles. The van der Waals surface area contributed by atoms with E-state index in [0.717, 1.165) is 12.3 Å². The Bertz CT molecular complexity index is 334. The number of piperazine rings is 1. The summed E-state index contributed by atoms with van der Waals surface area (Å²) in [6.07, 6.45) is 3.92. The molecule has 0 unspecified atom stereocenters. The predicted molar refractivity (Wildman–Crippen MR) is 85.9 cm³/mol. The van der Waals surface area contributed by atoms with Crippen LogP contribution in [0.1, 0.15) is 24.8 Å². The highest BCUT2D eigenvalue weighted by Gasteiger charge is 2.16. The van der Waals surface area contributed by atoms with Gasteiger partial charge in [0, 0.05) is 32.7 Å². The SMILES string of the molecule is SCCCCCN1CCN(Cc2ccccc2)CC1. The quantitative estimate of drug-likeness (QED) is 0.605. The van der Waals surface area contributed by atoms with E-state index >= 15 is 0 Å². The van der Waals surface area contributed by atoms with Crippen LogP contribution in [0.15, 0.2) is 30.3 Å². The average molecular weight is 278 g/mol. The minimum atomic E-state index is 1.03. The van der Waals surface area contributed by atoms with Crippen LogP contribution >= 0.6 is 12.6 Å². The molecule has 106 valence electrons. The normalized spacial score (nSPS) is 17.7. The minimum absolute atomic E-state index is 1.03. The third-order valence-corrected chi connectivity index (χ3v) is 4.16. The molecule has 0 aromatic heterocycles. The van der Waals surface area contributed by atoms with E-state index in [1.807, 2.05) is 0 Å². The van der Waals surface area contributed by atoms with Gasteiger partial charge >= 0.3 is 0 Å². The minimum Gasteiger partial charge on any atom is -0.301 e. The molecule has 0 aliphatic carbocycles. The lowest BCUT2D eigenvalue weighted by Gasteiger charge is -2.34. The number of thiol groups is 1. The average Bonchev–Trinajstić information content (AvgIpc) is 2.46. The van der Waals surface area contributed by atoms with E-state index in [2.05, 4.69) is 52.8 Å². The van der Waals surface area contributed by atoms with Crippen molar-refractivity contribution in [2.24, 2.45) is 0 Å². The maximum Gasteiger partial charge on any atom is 0.0234 e. The number of benzene rings is 1. The lowest BCUT2D eigenvalue weighted by Crippen LogP contribution is -2.46. The van der Waals surface area contributed by atoms with E-state index in [9.17, 15) is 0 Å². The van der Waals surface area contributed by atoms with Gasteiger partial charge in [0.05, 0.1) is 0 Å². The van der Waals surface area contributed by atoms with Crippen molar-refractivity contribution in [3.05, 3.63) is 35.9 Å². The lowest BCUT2D eigenvalue weighted by atomic mass is 10.2. The highest BCUT2D eigenvalue weighted by molar-refractivity contribution is 7.80. The molecule has 0 atom stereocenters. The molecule has 1 aliphatic rings. The van der Waals surface area contributed by atoms with Crippen molar-refractivity contribution in [2.45, 2.75) is 25.8 Å². The van der Waals surface area contributed by atoms with E-state index in [-0.39, 0.29) is 0 Å². The molecule has 1 aliphatic heterocycles. The van der Waals surface area contributed by atoms with Gasteiger partial charge in [0.15, 0.2) is 0 Å². The van der Waals surface area contributed by atoms with E-state index in [4.69, 9.17) is 0 Å². The molecule has 1 saturated heterocycles. The van der Waals surface area contributed by atoms with Crippen LogP contribution in [-0.2, 0) is 6.54 Å². The van der Waals surface area contributed by atoms with Crippen LogP contribution < -0.4 is 0 Å². The molecular weight excluding hydrogens is 252 g/mol. The van der Waals surface area contributed by atoms with Gasteiger partial charge in [-0.2, -0.15) is 12.6 Å². The summed E-state index contributed by atoms with van der Waals surface area (Å²) >= 11 is 4.26. The standard InChI is InChI=1S/C16H26N2S/c19-14-6-2-5-9-17-10-12-18(13-11-17)15-16-7-3-1-4-8-16/h1,3-4,7-8,19H,2,5-6,9-15H2. The predicted octanol–water partition coefficient (Wildman–Crippen LogP) is 2.90. The van der Waals surface area contributed by atoms with Crippen molar-refractivity contribution in [3.8, 4) is 0 Å². The molecular formula is C16H26N2S. The maximum absolute atomic E-state index is 4.26. The zero-order valence-electron chi connectivity index (χ0n) is 11.8. The van der Waals surface area contributed by atoms with Crippen LogP contribution in [0.3, 0.4) is 0 Å². The Kier molecular flexibility index (Phi) is 6.75. The van der Waals surface area contributed by atoms with Crippen LogP contribution in [0.4, 0.5) is 0 Å². The molecule has 0 bridgehead atoms. The van der Waals surface area contributed by atoms with Gasteiger partial charge in [0.1, 0.15) is 0 Å². The van der Waals surface area contributed by atoms with Crippen LogP contribution in [0.5, 0.6) is 0 Å². The van der Waals surface area contributed by atoms with Gasteiger partial charge in [-0.05, 0) is 30.7 Å². The number of hydrogen-bond acceptors (Lipinski definition) is 3. The van der Waals surface area contributed by atoms with Gasteiger partial charge in [0.25, 0.3) is 0 Å². The highest BCUT2D eigenvalue weighted by Crippen LogP contribution is 2.09. The van der Waals surface area contributed by atoms with E-state index in [1.54, 1.807) is 0 Å². The maximum atomic E-state index is 4.26. The van der Waals surface area contributed by atoms with Crippen molar-refractivity contribution in [3.63, 3.8) is 0 Å². The fourth-order valence-electron chi connectivity index (χ4n) is 2.64. The Balaban J connectivity index is 1.62. The van der Waals surface area contributed by atoms with Crippen molar-refractivity contribution in [2.75, 3.05) is 38.5 Å². The third kappa shape index (κ3) is 5.55. The monoisotopic (exact) mass is 278 g/mol. The number of hydrogen-bond donors (Lipinski definition) is 1. The van der Waals surface area contributed by atoms with Gasteiger partial charge in [-0.15, -0.1) is 0 Å². The van der Waals surface area contributed by atoms with Crippen molar-refractivity contribution < 1.29 is 0 Å². The first kappa shape index (κ1) is 14.9. The smallest absolute Gasteiger partial charge is 0.0234 e. The molecule has 1 fully saturated rings. The molecule has 1 aromatic rings. The lowest BCUT2D eigenvalue weighted by molar-refractivity contribution is 0.125. The highest BCUT2D eigenvalue weighted by atomic mass is 32.1. The Labute approximate surface area is 123 Å². The first-order valence-corrected chi connectivity index (χ1v) is 8.11. The Hall–Kier alpha value is -0.510. The Morgan fingerprint density at radius 3 is 2.21 bits per heavy atom. The van der Waals surface area contributed by atoms with Gasteiger partial charge in [-0.25, -0.2) is 0 Å². The van der Waals surface area contributed by atoms with E-state index < -0.39 is 0 Å². The zero-order valence-corrected chi connectivity index (χ0v) is 12.7. The topological polar surface area (TPSA) is 6.48 Å². The summed E-state index contributed by atoms with van der Waals surface area (Å²) in [6.45, 7) is 7.26. The van der Waals surface area contributed by atoms with Crippen molar-refractivity contribution in [1.82, 2.24) is 9.80 Å². The number of unbranched alkanes of at least 4 members (excludes halogenated alkanes) is 2. The molecule has 2 rings (SSSR count). The molecule has 0 saturated carbocycles. The summed E-state index contributed by atoms with van der Waals surface area (Å²) in [6, 6.07) is 10.8. The molecule has 0 N–H and O–H groups in total. The summed E-state index contributed by atoms with van der Waals surface area (Å²) in [5.74, 6) is 1.03. The van der Waals surface area contributed by atoms with E-state index in [0.29, 0.717) is 0 Å². The summed E-state index contributed by atoms with van der Waals surface area (Å²) in [4.78, 5) is 5.18. The van der Waals surface area contributed by atoms with Crippen LogP contribution in [-0.4, -0.2) is 48.3 Å². The van der Waals surface area contributed by atoms with Gasteiger partial charge < -0.3 is 4.90 Å². The van der Waals surface area contributed by atoms with Gasteiger partial charge in [0.2, 0.25) is 0 Å². The molecule has 0 radical (unpaired) electrons. The molecule has 2 nitrogen and oxygen atoms in total. The second-order valence-electron chi connectivity index (χ2n) is 5.39. The Morgan fingerprint density at radius 2 is 1.53 bits per heavy atom.